The predicted molar refractivity (Wildman–Crippen MR) is 72.8 cm³/mol. The third kappa shape index (κ3) is 12.0. The third-order valence-corrected chi connectivity index (χ3v) is 3.28. The zero-order valence-electron chi connectivity index (χ0n) is 11.5. The summed E-state index contributed by atoms with van der Waals surface area (Å²) in [5.74, 6) is 0. The van der Waals surface area contributed by atoms with Gasteiger partial charge in [-0.1, -0.05) is 78.1 Å². The summed E-state index contributed by atoms with van der Waals surface area (Å²) in [5, 5.41) is 9.65. The Labute approximate surface area is 103 Å². The Morgan fingerprint density at radius 2 is 1.06 bits per heavy atom. The lowest BCUT2D eigenvalue weighted by atomic mass is 10.0. The van der Waals surface area contributed by atoms with Crippen molar-refractivity contribution < 1.29 is 5.11 Å². The van der Waals surface area contributed by atoms with Crippen LogP contribution in [0.5, 0.6) is 0 Å². The van der Waals surface area contributed by atoms with Crippen molar-refractivity contribution in [1.29, 1.82) is 0 Å². The number of aliphatic hydroxyl groups excluding tert-OH is 1. The lowest BCUT2D eigenvalue weighted by Crippen LogP contribution is -2.05. The van der Waals surface area contributed by atoms with E-state index >= 15 is 0 Å². The van der Waals surface area contributed by atoms with Crippen molar-refractivity contribution in [3.8, 4) is 0 Å². The quantitative estimate of drug-likeness (QED) is 0.462. The molecule has 16 heavy (non-hydrogen) atoms. The minimum absolute atomic E-state index is 0.0277. The van der Waals surface area contributed by atoms with Crippen molar-refractivity contribution in [3.63, 3.8) is 0 Å². The summed E-state index contributed by atoms with van der Waals surface area (Å²) in [6.45, 7) is 4.45. The molecule has 0 amide bonds. The molecule has 0 aromatic rings. The van der Waals surface area contributed by atoms with Crippen molar-refractivity contribution >= 4 is 0 Å². The summed E-state index contributed by atoms with van der Waals surface area (Å²) in [6, 6.07) is 0. The van der Waals surface area contributed by atoms with E-state index in [9.17, 15) is 5.11 Å². The number of hydrogen-bond acceptors (Lipinski definition) is 1. The highest BCUT2D eigenvalue weighted by atomic mass is 16.3. The van der Waals surface area contributed by atoms with Gasteiger partial charge >= 0.3 is 0 Å². The van der Waals surface area contributed by atoms with E-state index in [1.807, 2.05) is 0 Å². The fraction of sp³-hybridized carbons (Fsp3) is 1.00. The molecule has 0 saturated heterocycles. The predicted octanol–water partition coefficient (Wildman–Crippen LogP) is 5.07. The lowest BCUT2D eigenvalue weighted by molar-refractivity contribution is 0.148. The fourth-order valence-electron chi connectivity index (χ4n) is 2.10. The van der Waals surface area contributed by atoms with Crippen LogP contribution in [0, 0.1) is 0 Å². The number of aliphatic hydroxyl groups is 1. The van der Waals surface area contributed by atoms with Crippen LogP contribution in [0.25, 0.3) is 0 Å². The second-order valence-corrected chi connectivity index (χ2v) is 5.06. The minimum atomic E-state index is -0.0277. The highest BCUT2D eigenvalue weighted by Crippen LogP contribution is 2.12. The highest BCUT2D eigenvalue weighted by molar-refractivity contribution is 4.56. The molecule has 0 unspecified atom stereocenters. The fourth-order valence-corrected chi connectivity index (χ4v) is 2.10. The molecule has 0 aromatic carbocycles. The van der Waals surface area contributed by atoms with E-state index in [1.54, 1.807) is 0 Å². The molecule has 1 atom stereocenters. The molecule has 1 N–H and O–H groups in total. The van der Waals surface area contributed by atoms with E-state index in [0.29, 0.717) is 0 Å². The zero-order chi connectivity index (χ0) is 12.1. The maximum absolute atomic E-state index is 9.65. The van der Waals surface area contributed by atoms with Crippen LogP contribution >= 0.6 is 0 Å². The van der Waals surface area contributed by atoms with Gasteiger partial charge in [-0.15, -0.1) is 0 Å². The summed E-state index contributed by atoms with van der Waals surface area (Å²) in [6.07, 6.45) is 15.2. The van der Waals surface area contributed by atoms with Gasteiger partial charge in [-0.05, 0) is 12.8 Å². The van der Waals surface area contributed by atoms with Crippen LogP contribution in [0.2, 0.25) is 0 Å². The topological polar surface area (TPSA) is 20.2 Å². The molecule has 98 valence electrons. The van der Waals surface area contributed by atoms with Crippen LogP contribution in [0.3, 0.4) is 0 Å². The number of unbranched alkanes of at least 4 members (excludes halogenated alkanes) is 8. The highest BCUT2D eigenvalue weighted by Gasteiger charge is 2.02. The first-order chi connectivity index (χ1) is 7.81. The molecule has 0 bridgehead atoms. The zero-order valence-corrected chi connectivity index (χ0v) is 11.5. The second-order valence-electron chi connectivity index (χ2n) is 5.06. The number of rotatable bonds is 12. The Bertz CT molecular complexity index is 123. The molecule has 0 heterocycles. The van der Waals surface area contributed by atoms with Gasteiger partial charge in [0, 0.05) is 0 Å². The van der Waals surface area contributed by atoms with Gasteiger partial charge in [-0.25, -0.2) is 0 Å². The Morgan fingerprint density at radius 3 is 1.62 bits per heavy atom. The smallest absolute Gasteiger partial charge is 0.0540 e. The van der Waals surface area contributed by atoms with Crippen LogP contribution in [-0.2, 0) is 0 Å². The minimum Gasteiger partial charge on any atom is -0.393 e. The van der Waals surface area contributed by atoms with Gasteiger partial charge in [0.05, 0.1) is 6.10 Å². The maximum atomic E-state index is 9.65. The first-order valence-electron chi connectivity index (χ1n) is 7.49. The van der Waals surface area contributed by atoms with Crippen LogP contribution in [-0.4, -0.2) is 11.2 Å². The molecular weight excluding hydrogens is 196 g/mol. The summed E-state index contributed by atoms with van der Waals surface area (Å²) >= 11 is 0. The van der Waals surface area contributed by atoms with Crippen molar-refractivity contribution in [3.05, 3.63) is 0 Å². The van der Waals surface area contributed by atoms with E-state index in [1.165, 1.54) is 64.2 Å². The van der Waals surface area contributed by atoms with Crippen LogP contribution in [0.4, 0.5) is 0 Å². The molecule has 1 heteroatoms. The van der Waals surface area contributed by atoms with Crippen LogP contribution in [0.1, 0.15) is 90.9 Å². The van der Waals surface area contributed by atoms with Gasteiger partial charge < -0.3 is 5.11 Å². The van der Waals surface area contributed by atoms with Crippen LogP contribution < -0.4 is 0 Å². The molecule has 0 aliphatic carbocycles. The summed E-state index contributed by atoms with van der Waals surface area (Å²) in [5.41, 5.74) is 0. The average molecular weight is 228 g/mol. The second kappa shape index (κ2) is 13.0. The van der Waals surface area contributed by atoms with Gasteiger partial charge in [0.25, 0.3) is 0 Å². The van der Waals surface area contributed by atoms with Crippen molar-refractivity contribution in [1.82, 2.24) is 0 Å². The Balaban J connectivity index is 3.02. The van der Waals surface area contributed by atoms with Gasteiger partial charge in [0.15, 0.2) is 0 Å². The van der Waals surface area contributed by atoms with E-state index in [0.717, 1.165) is 12.8 Å². The monoisotopic (exact) mass is 228 g/mol. The molecule has 0 aliphatic heterocycles. The first kappa shape index (κ1) is 16.0. The molecule has 0 rings (SSSR count). The summed E-state index contributed by atoms with van der Waals surface area (Å²) in [4.78, 5) is 0. The van der Waals surface area contributed by atoms with Gasteiger partial charge in [-0.3, -0.25) is 0 Å². The Hall–Kier alpha value is -0.0400. The average Bonchev–Trinajstić information content (AvgIpc) is 2.30. The maximum Gasteiger partial charge on any atom is 0.0540 e. The van der Waals surface area contributed by atoms with E-state index in [2.05, 4.69) is 13.8 Å². The summed E-state index contributed by atoms with van der Waals surface area (Å²) < 4.78 is 0. The SMILES string of the molecule is CCCCCCCCCC[C@H](O)CCCC. The molecule has 0 aromatic heterocycles. The Kier molecular flexibility index (Phi) is 13.0. The lowest BCUT2D eigenvalue weighted by Gasteiger charge is -2.09. The molecule has 0 fully saturated rings. The third-order valence-electron chi connectivity index (χ3n) is 3.28. The van der Waals surface area contributed by atoms with Crippen LogP contribution in [0.15, 0.2) is 0 Å². The van der Waals surface area contributed by atoms with E-state index in [-0.39, 0.29) is 6.10 Å². The standard InChI is InChI=1S/C15H32O/c1-3-5-7-8-9-10-11-12-14-15(16)13-6-4-2/h15-16H,3-14H2,1-2H3/t15-/m1/s1. The van der Waals surface area contributed by atoms with Gasteiger partial charge in [-0.2, -0.15) is 0 Å². The Morgan fingerprint density at radius 1 is 0.625 bits per heavy atom. The largest absolute Gasteiger partial charge is 0.393 e. The van der Waals surface area contributed by atoms with Crippen molar-refractivity contribution in [2.45, 2.75) is 97.0 Å². The molecule has 0 radical (unpaired) electrons. The van der Waals surface area contributed by atoms with E-state index in [4.69, 9.17) is 0 Å². The summed E-state index contributed by atoms with van der Waals surface area (Å²) in [7, 11) is 0. The van der Waals surface area contributed by atoms with Gasteiger partial charge in [0.2, 0.25) is 0 Å². The van der Waals surface area contributed by atoms with Crippen molar-refractivity contribution in [2.75, 3.05) is 0 Å². The van der Waals surface area contributed by atoms with Gasteiger partial charge in [0.1, 0.15) is 0 Å². The molecular formula is C15H32O. The van der Waals surface area contributed by atoms with E-state index < -0.39 is 0 Å². The number of hydrogen-bond donors (Lipinski definition) is 1. The molecule has 0 saturated carbocycles. The van der Waals surface area contributed by atoms with Crippen molar-refractivity contribution in [2.24, 2.45) is 0 Å². The first-order valence-corrected chi connectivity index (χ1v) is 7.49. The molecule has 0 spiro atoms. The molecule has 0 aliphatic rings. The normalized spacial score (nSPS) is 12.9. The molecule has 1 nitrogen and oxygen atoms in total.